The van der Waals surface area contributed by atoms with Crippen LogP contribution >= 0.6 is 11.8 Å². The van der Waals surface area contributed by atoms with Crippen molar-refractivity contribution in [1.82, 2.24) is 4.90 Å². The second-order valence-corrected chi connectivity index (χ2v) is 12.6. The van der Waals surface area contributed by atoms with E-state index in [0.717, 1.165) is 43.0 Å². The Bertz CT molecular complexity index is 1250. The minimum atomic E-state index is -4.47. The molecule has 0 bridgehead atoms. The number of furan rings is 1. The first kappa shape index (κ1) is 25.2. The number of thioether (sulfide) groups is 1. The molecule has 2 aromatic rings. The summed E-state index contributed by atoms with van der Waals surface area (Å²) in [6.45, 7) is 0. The molecule has 4 atom stereocenters. The molecule has 4 unspecified atom stereocenters. The Labute approximate surface area is 215 Å². The highest BCUT2D eigenvalue weighted by atomic mass is 32.3. The molecule has 1 aromatic carbocycles. The Kier molecular flexibility index (Phi) is 7.11. The maximum absolute atomic E-state index is 13.5. The molecule has 36 heavy (non-hydrogen) atoms. The van der Waals surface area contributed by atoms with Crippen molar-refractivity contribution in [2.45, 2.75) is 55.7 Å². The lowest BCUT2D eigenvalue weighted by molar-refractivity contribution is -0.128. The van der Waals surface area contributed by atoms with Crippen LogP contribution in [0.5, 0.6) is 11.5 Å². The van der Waals surface area contributed by atoms with Gasteiger partial charge in [0.15, 0.2) is 0 Å². The molecule has 3 aliphatic rings. The first-order valence-corrected chi connectivity index (χ1v) is 14.7. The maximum atomic E-state index is 13.5. The Hall–Kier alpha value is -2.43. The van der Waals surface area contributed by atoms with Gasteiger partial charge in [-0.25, -0.2) is 0 Å². The lowest BCUT2D eigenvalue weighted by Crippen LogP contribution is -2.48. The molecule has 1 amide bonds. The molecule has 3 fully saturated rings. The largest absolute Gasteiger partial charge is 0.497 e. The fourth-order valence-electron chi connectivity index (χ4n) is 5.84. The highest BCUT2D eigenvalue weighted by Crippen LogP contribution is 2.47. The first-order chi connectivity index (χ1) is 17.3. The van der Waals surface area contributed by atoms with E-state index in [2.05, 4.69) is 0 Å². The van der Waals surface area contributed by atoms with Gasteiger partial charge in [0.2, 0.25) is 4.71 Å². The van der Waals surface area contributed by atoms with Crippen LogP contribution in [-0.4, -0.2) is 48.7 Å². The van der Waals surface area contributed by atoms with E-state index in [9.17, 15) is 17.8 Å². The predicted molar refractivity (Wildman–Crippen MR) is 138 cm³/mol. The van der Waals surface area contributed by atoms with Gasteiger partial charge in [-0.1, -0.05) is 37.4 Å². The van der Waals surface area contributed by atoms with Crippen molar-refractivity contribution < 1.29 is 31.7 Å². The van der Waals surface area contributed by atoms with Gasteiger partial charge in [0, 0.05) is 23.7 Å². The first-order valence-electron chi connectivity index (χ1n) is 12.3. The molecule has 1 aromatic heterocycles. The third kappa shape index (κ3) is 5.03. The SMILES string of the molecule is COc1cc(OC)cc(-c2ccc(/C=C3\SC(S(=O)(=O)O)N(C4CCC5CCCCC5C4)C3=O)o2)c1. The number of hydrogen-bond acceptors (Lipinski definition) is 7. The van der Waals surface area contributed by atoms with Crippen molar-refractivity contribution >= 4 is 33.9 Å². The van der Waals surface area contributed by atoms with Crippen LogP contribution in [-0.2, 0) is 14.9 Å². The number of ether oxygens (including phenoxy) is 2. The molecule has 10 heteroatoms. The average Bonchev–Trinajstić information content (AvgIpc) is 3.48. The number of carbonyl (C=O) groups is 1. The molecule has 1 N–H and O–H groups in total. The lowest BCUT2D eigenvalue weighted by Gasteiger charge is -2.43. The summed E-state index contributed by atoms with van der Waals surface area (Å²) in [5, 5.41) is 0. The lowest BCUT2D eigenvalue weighted by atomic mass is 9.69. The van der Waals surface area contributed by atoms with E-state index in [1.54, 1.807) is 38.5 Å². The highest BCUT2D eigenvalue weighted by Gasteiger charge is 2.48. The molecule has 2 aliphatic carbocycles. The molecule has 0 spiro atoms. The summed E-state index contributed by atoms with van der Waals surface area (Å²) in [5.41, 5.74) is 0.739. The maximum Gasteiger partial charge on any atom is 0.296 e. The van der Waals surface area contributed by atoms with Crippen molar-refractivity contribution in [2.24, 2.45) is 11.8 Å². The summed E-state index contributed by atoms with van der Waals surface area (Å²) in [6, 6.07) is 8.68. The van der Waals surface area contributed by atoms with Gasteiger partial charge in [-0.2, -0.15) is 8.42 Å². The summed E-state index contributed by atoms with van der Waals surface area (Å²) in [5.74, 6) is 2.99. The monoisotopic (exact) mass is 533 g/mol. The summed E-state index contributed by atoms with van der Waals surface area (Å²) < 4.78 is 49.9. The minimum Gasteiger partial charge on any atom is -0.497 e. The number of carbonyl (C=O) groups excluding carboxylic acids is 1. The Morgan fingerprint density at radius 2 is 1.72 bits per heavy atom. The summed E-state index contributed by atoms with van der Waals surface area (Å²) in [4.78, 5) is 15.1. The average molecular weight is 534 g/mol. The van der Waals surface area contributed by atoms with E-state index < -0.39 is 14.8 Å². The van der Waals surface area contributed by atoms with Crippen molar-refractivity contribution in [3.8, 4) is 22.8 Å². The van der Waals surface area contributed by atoms with Gasteiger partial charge in [0.05, 0.1) is 19.1 Å². The number of hydrogen-bond donors (Lipinski definition) is 1. The molecule has 2 heterocycles. The van der Waals surface area contributed by atoms with E-state index in [-0.39, 0.29) is 16.9 Å². The highest BCUT2D eigenvalue weighted by molar-refractivity contribution is 8.15. The van der Waals surface area contributed by atoms with Crippen molar-refractivity contribution in [2.75, 3.05) is 14.2 Å². The summed E-state index contributed by atoms with van der Waals surface area (Å²) >= 11 is 0.868. The van der Waals surface area contributed by atoms with Crippen LogP contribution in [0.1, 0.15) is 50.7 Å². The van der Waals surface area contributed by atoms with Crippen LogP contribution in [0, 0.1) is 11.8 Å². The zero-order chi connectivity index (χ0) is 25.4. The van der Waals surface area contributed by atoms with E-state index in [1.807, 2.05) is 12.1 Å². The summed E-state index contributed by atoms with van der Waals surface area (Å²) in [7, 11) is -1.34. The van der Waals surface area contributed by atoms with Gasteiger partial charge < -0.3 is 18.8 Å². The molecule has 0 radical (unpaired) electrons. The predicted octanol–water partition coefficient (Wildman–Crippen LogP) is 5.41. The van der Waals surface area contributed by atoms with Crippen LogP contribution in [0.3, 0.4) is 0 Å². The number of fused-ring (bicyclic) bond motifs is 1. The fourth-order valence-corrected chi connectivity index (χ4v) is 8.18. The van der Waals surface area contributed by atoms with Crippen LogP contribution < -0.4 is 9.47 Å². The van der Waals surface area contributed by atoms with Crippen molar-refractivity contribution in [3.05, 3.63) is 41.0 Å². The van der Waals surface area contributed by atoms with E-state index >= 15 is 0 Å². The van der Waals surface area contributed by atoms with Gasteiger partial charge >= 0.3 is 0 Å². The van der Waals surface area contributed by atoms with Gasteiger partial charge in [0.1, 0.15) is 23.0 Å². The fraction of sp³-hybridized carbons (Fsp3) is 0.500. The van der Waals surface area contributed by atoms with Crippen LogP contribution in [0.4, 0.5) is 0 Å². The smallest absolute Gasteiger partial charge is 0.296 e. The Morgan fingerprint density at radius 1 is 1.03 bits per heavy atom. The Morgan fingerprint density at radius 3 is 2.39 bits per heavy atom. The van der Waals surface area contributed by atoms with E-state index in [4.69, 9.17) is 13.9 Å². The van der Waals surface area contributed by atoms with E-state index in [1.165, 1.54) is 24.2 Å². The van der Waals surface area contributed by atoms with Crippen LogP contribution in [0.25, 0.3) is 17.4 Å². The third-order valence-corrected chi connectivity index (χ3v) is 10.3. The number of methoxy groups -OCH3 is 2. The number of rotatable bonds is 6. The molecule has 2 saturated carbocycles. The number of benzene rings is 1. The molecule has 1 aliphatic heterocycles. The van der Waals surface area contributed by atoms with Crippen LogP contribution in [0.15, 0.2) is 39.7 Å². The van der Waals surface area contributed by atoms with E-state index in [0.29, 0.717) is 34.9 Å². The van der Waals surface area contributed by atoms with Crippen LogP contribution in [0.2, 0.25) is 0 Å². The molecule has 194 valence electrons. The second kappa shape index (κ2) is 10.1. The molecule has 5 rings (SSSR count). The zero-order valence-electron chi connectivity index (χ0n) is 20.4. The molecule has 1 saturated heterocycles. The zero-order valence-corrected chi connectivity index (χ0v) is 22.0. The van der Waals surface area contributed by atoms with Gasteiger partial charge in [-0.05, 0) is 55.4 Å². The van der Waals surface area contributed by atoms with Crippen molar-refractivity contribution in [3.63, 3.8) is 0 Å². The standard InChI is InChI=1S/C26H31NO7S2/c1-32-21-12-18(13-22(14-21)33-2)23-10-9-20(34-23)15-24-25(28)27(26(35-24)36(29,30)31)19-8-7-16-5-3-4-6-17(16)11-19/h9-10,12-17,19,26H,3-8,11H2,1-2H3,(H,29,30,31)/b24-15-. The molecular weight excluding hydrogens is 502 g/mol. The van der Waals surface area contributed by atoms with Crippen molar-refractivity contribution in [1.29, 1.82) is 0 Å². The Balaban J connectivity index is 1.41. The summed E-state index contributed by atoms with van der Waals surface area (Å²) in [6.07, 6.45) is 8.87. The number of amides is 1. The van der Waals surface area contributed by atoms with Gasteiger partial charge in [-0.15, -0.1) is 0 Å². The van der Waals surface area contributed by atoms with Gasteiger partial charge in [-0.3, -0.25) is 9.35 Å². The normalized spacial score (nSPS) is 27.8. The minimum absolute atomic E-state index is 0.196. The molecular formula is C26H31NO7S2. The molecule has 8 nitrogen and oxygen atoms in total. The second-order valence-electron chi connectivity index (χ2n) is 9.74. The number of nitrogens with zero attached hydrogens (tertiary/aromatic N) is 1. The topological polar surface area (TPSA) is 106 Å². The third-order valence-electron chi connectivity index (χ3n) is 7.60. The quantitative estimate of drug-likeness (QED) is 0.388. The van der Waals surface area contributed by atoms with Gasteiger partial charge in [0.25, 0.3) is 16.0 Å².